The molecule has 3 fully saturated rings. The van der Waals surface area contributed by atoms with E-state index in [0.717, 1.165) is 79.8 Å². The SMILES string of the molecule is COCc1cnc(N2CCC([C@H]3CC3CCOc3ccc(CC(=O)N4CC(C)C4)cc3)CC2)nc1. The summed E-state index contributed by atoms with van der Waals surface area (Å²) < 4.78 is 11.2. The van der Waals surface area contributed by atoms with Gasteiger partial charge in [-0.1, -0.05) is 19.1 Å². The zero-order valence-corrected chi connectivity index (χ0v) is 21.1. The van der Waals surface area contributed by atoms with Gasteiger partial charge in [0, 0.05) is 51.2 Å². The second kappa shape index (κ2) is 10.9. The first-order valence-electron chi connectivity index (χ1n) is 13.1. The minimum atomic E-state index is 0.231. The van der Waals surface area contributed by atoms with Gasteiger partial charge in [-0.05, 0) is 67.1 Å². The Balaban J connectivity index is 0.983. The lowest BCUT2D eigenvalue weighted by molar-refractivity contribution is -0.136. The predicted octanol–water partition coefficient (Wildman–Crippen LogP) is 3.97. The molecule has 1 unspecified atom stereocenters. The van der Waals surface area contributed by atoms with Gasteiger partial charge in [0.1, 0.15) is 5.75 Å². The van der Waals surface area contributed by atoms with Crippen LogP contribution < -0.4 is 9.64 Å². The van der Waals surface area contributed by atoms with Crippen molar-refractivity contribution in [2.24, 2.45) is 23.7 Å². The standard InChI is InChI=1S/C28H38N4O3/c1-20-17-32(18-20)27(33)13-21-3-5-25(6-4-21)35-12-9-24-14-26(24)23-7-10-31(11-8-23)28-29-15-22(16-30-28)19-34-2/h3-6,15-16,20,23-24,26H,7-14,17-19H2,1-2H3/t24?,26-/m1/s1. The number of rotatable bonds is 10. The molecule has 2 atom stereocenters. The Morgan fingerprint density at radius 2 is 1.77 bits per heavy atom. The Morgan fingerprint density at radius 3 is 2.43 bits per heavy atom. The number of nitrogens with zero attached hydrogens (tertiary/aromatic N) is 4. The number of hydrogen-bond acceptors (Lipinski definition) is 6. The second-order valence-electron chi connectivity index (χ2n) is 10.7. The Hall–Kier alpha value is -2.67. The molecule has 2 aliphatic heterocycles. The van der Waals surface area contributed by atoms with E-state index in [4.69, 9.17) is 9.47 Å². The van der Waals surface area contributed by atoms with Crippen LogP contribution in [0.15, 0.2) is 36.7 Å². The van der Waals surface area contributed by atoms with E-state index in [-0.39, 0.29) is 5.91 Å². The molecule has 1 aromatic heterocycles. The summed E-state index contributed by atoms with van der Waals surface area (Å²) in [6.45, 7) is 7.39. The first kappa shape index (κ1) is 24.0. The van der Waals surface area contributed by atoms with Crippen LogP contribution in [0, 0.1) is 23.7 Å². The fourth-order valence-corrected chi connectivity index (χ4v) is 5.68. The van der Waals surface area contributed by atoms with Gasteiger partial charge in [0.2, 0.25) is 11.9 Å². The second-order valence-corrected chi connectivity index (χ2v) is 10.7. The summed E-state index contributed by atoms with van der Waals surface area (Å²) in [5, 5.41) is 0. The summed E-state index contributed by atoms with van der Waals surface area (Å²) in [5.41, 5.74) is 2.07. The van der Waals surface area contributed by atoms with Crippen LogP contribution in [0.5, 0.6) is 5.75 Å². The number of hydrogen-bond donors (Lipinski definition) is 0. The van der Waals surface area contributed by atoms with Gasteiger partial charge in [-0.15, -0.1) is 0 Å². The molecule has 0 bridgehead atoms. The van der Waals surface area contributed by atoms with E-state index < -0.39 is 0 Å². The summed E-state index contributed by atoms with van der Waals surface area (Å²) in [6, 6.07) is 8.06. The van der Waals surface area contributed by atoms with Gasteiger partial charge in [-0.3, -0.25) is 4.79 Å². The van der Waals surface area contributed by atoms with Crippen molar-refractivity contribution >= 4 is 11.9 Å². The van der Waals surface area contributed by atoms with Crippen molar-refractivity contribution in [3.05, 3.63) is 47.8 Å². The minimum absolute atomic E-state index is 0.231. The van der Waals surface area contributed by atoms with Crippen LogP contribution in [0.3, 0.4) is 0 Å². The molecule has 0 N–H and O–H groups in total. The molecule has 3 aliphatic rings. The molecule has 7 heteroatoms. The Bertz CT molecular complexity index is 967. The van der Waals surface area contributed by atoms with Crippen LogP contribution >= 0.6 is 0 Å². The monoisotopic (exact) mass is 478 g/mol. The van der Waals surface area contributed by atoms with Crippen molar-refractivity contribution in [1.82, 2.24) is 14.9 Å². The lowest BCUT2D eigenvalue weighted by Crippen LogP contribution is -2.49. The third-order valence-electron chi connectivity index (χ3n) is 7.86. The molecule has 3 heterocycles. The number of methoxy groups -OCH3 is 1. The Labute approximate surface area is 208 Å². The van der Waals surface area contributed by atoms with Gasteiger partial charge in [-0.25, -0.2) is 9.97 Å². The molecule has 5 rings (SSSR count). The number of ether oxygens (including phenoxy) is 2. The maximum atomic E-state index is 12.2. The number of amides is 1. The van der Waals surface area contributed by atoms with E-state index >= 15 is 0 Å². The first-order valence-corrected chi connectivity index (χ1v) is 13.1. The highest BCUT2D eigenvalue weighted by atomic mass is 16.5. The summed E-state index contributed by atoms with van der Waals surface area (Å²) in [6.07, 6.45) is 9.14. The zero-order chi connectivity index (χ0) is 24.2. The first-order chi connectivity index (χ1) is 17.1. The maximum absolute atomic E-state index is 12.2. The van der Waals surface area contributed by atoms with Crippen LogP contribution in [0.25, 0.3) is 0 Å². The van der Waals surface area contributed by atoms with E-state index in [0.29, 0.717) is 18.9 Å². The van der Waals surface area contributed by atoms with E-state index in [2.05, 4.69) is 21.8 Å². The quantitative estimate of drug-likeness (QED) is 0.515. The predicted molar refractivity (Wildman–Crippen MR) is 135 cm³/mol. The van der Waals surface area contributed by atoms with Crippen LogP contribution in [0.4, 0.5) is 5.95 Å². The molecule has 35 heavy (non-hydrogen) atoms. The summed E-state index contributed by atoms with van der Waals surface area (Å²) in [7, 11) is 1.69. The third-order valence-corrected chi connectivity index (χ3v) is 7.86. The molecule has 0 spiro atoms. The van der Waals surface area contributed by atoms with Gasteiger partial charge in [0.15, 0.2) is 0 Å². The number of carbonyl (C=O) groups is 1. The molecule has 2 saturated heterocycles. The van der Waals surface area contributed by atoms with Crippen LogP contribution in [-0.4, -0.2) is 60.7 Å². The molecule has 188 valence electrons. The fraction of sp³-hybridized carbons (Fsp3) is 0.607. The van der Waals surface area contributed by atoms with Crippen molar-refractivity contribution in [2.45, 2.75) is 45.6 Å². The molecule has 0 radical (unpaired) electrons. The largest absolute Gasteiger partial charge is 0.494 e. The average Bonchev–Trinajstić information content (AvgIpc) is 3.63. The average molecular weight is 479 g/mol. The molecule has 1 saturated carbocycles. The minimum Gasteiger partial charge on any atom is -0.494 e. The van der Waals surface area contributed by atoms with Crippen molar-refractivity contribution in [3.63, 3.8) is 0 Å². The van der Waals surface area contributed by atoms with E-state index in [1.165, 1.54) is 19.3 Å². The topological polar surface area (TPSA) is 67.8 Å². The fourth-order valence-electron chi connectivity index (χ4n) is 5.68. The number of piperidine rings is 1. The highest BCUT2D eigenvalue weighted by molar-refractivity contribution is 5.79. The Morgan fingerprint density at radius 1 is 1.06 bits per heavy atom. The number of likely N-dealkylation sites (tertiary alicyclic amines) is 1. The van der Waals surface area contributed by atoms with Crippen molar-refractivity contribution < 1.29 is 14.3 Å². The molecular weight excluding hydrogens is 440 g/mol. The van der Waals surface area contributed by atoms with Gasteiger partial charge < -0.3 is 19.3 Å². The van der Waals surface area contributed by atoms with Gasteiger partial charge >= 0.3 is 0 Å². The summed E-state index contributed by atoms with van der Waals surface area (Å²) in [4.78, 5) is 25.6. The lowest BCUT2D eigenvalue weighted by atomic mass is 9.90. The van der Waals surface area contributed by atoms with Gasteiger partial charge in [-0.2, -0.15) is 0 Å². The van der Waals surface area contributed by atoms with E-state index in [1.807, 2.05) is 41.6 Å². The molecule has 1 aromatic carbocycles. The number of aromatic nitrogens is 2. The molecule has 1 amide bonds. The summed E-state index contributed by atoms with van der Waals surface area (Å²) >= 11 is 0. The summed E-state index contributed by atoms with van der Waals surface area (Å²) in [5.74, 6) is 5.09. The molecular formula is C28H38N4O3. The molecule has 1 aliphatic carbocycles. The van der Waals surface area contributed by atoms with Crippen molar-refractivity contribution in [3.8, 4) is 5.75 Å². The van der Waals surface area contributed by atoms with Crippen LogP contribution in [0.1, 0.15) is 43.7 Å². The number of anilines is 1. The van der Waals surface area contributed by atoms with Crippen LogP contribution in [-0.2, 0) is 22.6 Å². The van der Waals surface area contributed by atoms with Gasteiger partial charge in [0.25, 0.3) is 0 Å². The van der Waals surface area contributed by atoms with E-state index in [9.17, 15) is 4.79 Å². The smallest absolute Gasteiger partial charge is 0.227 e. The van der Waals surface area contributed by atoms with Gasteiger partial charge in [0.05, 0.1) is 19.6 Å². The van der Waals surface area contributed by atoms with E-state index in [1.54, 1.807) is 7.11 Å². The lowest BCUT2D eigenvalue weighted by Gasteiger charge is -2.37. The maximum Gasteiger partial charge on any atom is 0.227 e. The highest BCUT2D eigenvalue weighted by Gasteiger charge is 2.43. The number of benzene rings is 1. The third kappa shape index (κ3) is 6.13. The number of carbonyl (C=O) groups excluding carboxylic acids is 1. The highest BCUT2D eigenvalue weighted by Crippen LogP contribution is 2.49. The van der Waals surface area contributed by atoms with Crippen LogP contribution in [0.2, 0.25) is 0 Å². The normalized spacial score (nSPS) is 22.7. The van der Waals surface area contributed by atoms with Crippen molar-refractivity contribution in [2.75, 3.05) is 44.8 Å². The Kier molecular flexibility index (Phi) is 7.51. The molecule has 2 aromatic rings. The molecule has 7 nitrogen and oxygen atoms in total. The zero-order valence-electron chi connectivity index (χ0n) is 21.1. The van der Waals surface area contributed by atoms with Crippen molar-refractivity contribution in [1.29, 1.82) is 0 Å².